The van der Waals surface area contributed by atoms with Crippen LogP contribution in [0.1, 0.15) is 25.7 Å². The Morgan fingerprint density at radius 1 is 1.26 bits per heavy atom. The molecule has 0 radical (unpaired) electrons. The van der Waals surface area contributed by atoms with Crippen molar-refractivity contribution in [3.63, 3.8) is 0 Å². The molecule has 2 atom stereocenters. The quantitative estimate of drug-likeness (QED) is 0.735. The second-order valence-electron chi connectivity index (χ2n) is 6.08. The molecule has 23 heavy (non-hydrogen) atoms. The number of carbonyl (C=O) groups excluding carboxylic acids is 2. The first-order valence-corrected chi connectivity index (χ1v) is 7.78. The summed E-state index contributed by atoms with van der Waals surface area (Å²) < 4.78 is 50.9. The lowest BCUT2D eigenvalue weighted by Gasteiger charge is -2.34. The van der Waals surface area contributed by atoms with Crippen molar-refractivity contribution in [3.8, 4) is 0 Å². The van der Waals surface area contributed by atoms with Crippen LogP contribution in [-0.4, -0.2) is 61.3 Å². The average Bonchev–Trinajstić information content (AvgIpc) is 3.06. The van der Waals surface area contributed by atoms with Gasteiger partial charge in [0.25, 0.3) is 5.91 Å². The van der Waals surface area contributed by atoms with E-state index in [4.69, 9.17) is 0 Å². The molecule has 2 rings (SSSR count). The molecule has 0 spiro atoms. The molecule has 2 saturated heterocycles. The predicted molar refractivity (Wildman–Crippen MR) is 74.3 cm³/mol. The Bertz CT molecular complexity index is 442. The molecule has 0 aromatic carbocycles. The van der Waals surface area contributed by atoms with E-state index in [1.165, 1.54) is 0 Å². The van der Waals surface area contributed by atoms with E-state index in [9.17, 15) is 27.2 Å². The van der Waals surface area contributed by atoms with E-state index in [-0.39, 0.29) is 37.5 Å². The van der Waals surface area contributed by atoms with Crippen LogP contribution in [0, 0.1) is 5.92 Å². The van der Waals surface area contributed by atoms with Gasteiger partial charge in [-0.15, -0.1) is 0 Å². The van der Waals surface area contributed by atoms with Crippen molar-refractivity contribution < 1.29 is 27.2 Å². The summed E-state index contributed by atoms with van der Waals surface area (Å²) in [6.07, 6.45) is -1.23. The van der Waals surface area contributed by atoms with E-state index in [1.54, 1.807) is 0 Å². The summed E-state index contributed by atoms with van der Waals surface area (Å²) in [6, 6.07) is -0.237. The number of piperidine rings is 1. The monoisotopic (exact) mass is 339 g/mol. The fourth-order valence-electron chi connectivity index (χ4n) is 3.00. The Hall–Kier alpha value is -1.38. The molecule has 0 aliphatic carbocycles. The van der Waals surface area contributed by atoms with Crippen molar-refractivity contribution in [1.29, 1.82) is 0 Å². The molecule has 2 aliphatic rings. The number of hydrogen-bond donors (Lipinski definition) is 2. The minimum Gasteiger partial charge on any atom is -0.354 e. The number of halogens is 4. The van der Waals surface area contributed by atoms with Crippen LogP contribution in [0.2, 0.25) is 0 Å². The number of alkyl halides is 4. The zero-order chi connectivity index (χ0) is 17.0. The van der Waals surface area contributed by atoms with Gasteiger partial charge in [-0.05, 0) is 38.1 Å². The van der Waals surface area contributed by atoms with Crippen molar-refractivity contribution in [3.05, 3.63) is 0 Å². The highest BCUT2D eigenvalue weighted by molar-refractivity contribution is 5.84. The molecule has 2 amide bonds. The summed E-state index contributed by atoms with van der Waals surface area (Å²) in [5, 5.41) is 5.78. The van der Waals surface area contributed by atoms with Gasteiger partial charge in [0.15, 0.2) is 0 Å². The van der Waals surface area contributed by atoms with Crippen LogP contribution in [0.5, 0.6) is 0 Å². The maximum Gasteiger partial charge on any atom is 0.383 e. The third kappa shape index (κ3) is 4.33. The highest BCUT2D eigenvalue weighted by Gasteiger charge is 2.51. The maximum absolute atomic E-state index is 13.2. The van der Waals surface area contributed by atoms with Crippen LogP contribution in [-0.2, 0) is 9.59 Å². The summed E-state index contributed by atoms with van der Waals surface area (Å²) in [7, 11) is 0. The van der Waals surface area contributed by atoms with Crippen LogP contribution in [0.15, 0.2) is 0 Å². The Balaban J connectivity index is 1.83. The Kier molecular flexibility index (Phi) is 5.83. The summed E-state index contributed by atoms with van der Waals surface area (Å²) in [5.41, 5.74) is 0. The van der Waals surface area contributed by atoms with Crippen LogP contribution in [0.4, 0.5) is 17.6 Å². The van der Waals surface area contributed by atoms with Gasteiger partial charge in [0.2, 0.25) is 5.91 Å². The number of hydrogen-bond acceptors (Lipinski definition) is 3. The van der Waals surface area contributed by atoms with Gasteiger partial charge >= 0.3 is 12.3 Å². The topological polar surface area (TPSA) is 61.4 Å². The van der Waals surface area contributed by atoms with Crippen molar-refractivity contribution >= 4 is 11.8 Å². The second kappa shape index (κ2) is 7.46. The molecule has 2 aliphatic heterocycles. The van der Waals surface area contributed by atoms with Gasteiger partial charge < -0.3 is 15.5 Å². The standard InChI is InChI=1S/C14H21F4N3O2/c15-12(16)14(17,18)13(23)21-6-2-3-9(8-21)7-20-11(22)10-4-1-5-19-10/h9-10,12,19H,1-8H2,(H,20,22). The van der Waals surface area contributed by atoms with E-state index in [1.807, 2.05) is 0 Å². The van der Waals surface area contributed by atoms with E-state index in [0.29, 0.717) is 12.8 Å². The van der Waals surface area contributed by atoms with Crippen LogP contribution in [0.25, 0.3) is 0 Å². The molecule has 2 heterocycles. The largest absolute Gasteiger partial charge is 0.383 e. The first kappa shape index (κ1) is 18.0. The summed E-state index contributed by atoms with van der Waals surface area (Å²) >= 11 is 0. The minimum absolute atomic E-state index is 0.0375. The van der Waals surface area contributed by atoms with E-state index < -0.39 is 18.3 Å². The molecule has 2 N–H and O–H groups in total. The average molecular weight is 339 g/mol. The van der Waals surface area contributed by atoms with Crippen LogP contribution in [0.3, 0.4) is 0 Å². The van der Waals surface area contributed by atoms with E-state index >= 15 is 0 Å². The normalized spacial score (nSPS) is 25.7. The Labute approximate surface area is 131 Å². The third-order valence-electron chi connectivity index (χ3n) is 4.31. The van der Waals surface area contributed by atoms with Crippen molar-refractivity contribution in [2.75, 3.05) is 26.2 Å². The SMILES string of the molecule is O=C(NCC1CCCN(C(=O)C(F)(F)C(F)F)C1)C1CCCN1. The molecule has 132 valence electrons. The van der Waals surface area contributed by atoms with Crippen LogP contribution < -0.4 is 10.6 Å². The van der Waals surface area contributed by atoms with E-state index in [0.717, 1.165) is 24.3 Å². The number of amides is 2. The molecule has 0 bridgehead atoms. The number of nitrogens with zero attached hydrogens (tertiary/aromatic N) is 1. The van der Waals surface area contributed by atoms with Gasteiger partial charge in [0.05, 0.1) is 6.04 Å². The Morgan fingerprint density at radius 2 is 2.00 bits per heavy atom. The number of carbonyl (C=O) groups is 2. The summed E-state index contributed by atoms with van der Waals surface area (Å²) in [4.78, 5) is 24.2. The fraction of sp³-hybridized carbons (Fsp3) is 0.857. The van der Waals surface area contributed by atoms with E-state index in [2.05, 4.69) is 10.6 Å². The fourth-order valence-corrected chi connectivity index (χ4v) is 3.00. The Morgan fingerprint density at radius 3 is 2.61 bits per heavy atom. The first-order chi connectivity index (χ1) is 10.8. The molecule has 2 fully saturated rings. The molecule has 0 aromatic rings. The lowest BCUT2D eigenvalue weighted by molar-refractivity contribution is -0.182. The lowest BCUT2D eigenvalue weighted by atomic mass is 9.97. The van der Waals surface area contributed by atoms with Crippen molar-refractivity contribution in [2.24, 2.45) is 5.92 Å². The molecule has 2 unspecified atom stereocenters. The molecule has 9 heteroatoms. The smallest absolute Gasteiger partial charge is 0.354 e. The molecular formula is C14H21F4N3O2. The first-order valence-electron chi connectivity index (χ1n) is 7.78. The molecular weight excluding hydrogens is 318 g/mol. The van der Waals surface area contributed by atoms with Gasteiger partial charge in [-0.3, -0.25) is 9.59 Å². The van der Waals surface area contributed by atoms with Crippen LogP contribution >= 0.6 is 0 Å². The summed E-state index contributed by atoms with van der Waals surface area (Å²) in [5.74, 6) is -6.84. The summed E-state index contributed by atoms with van der Waals surface area (Å²) in [6.45, 7) is 1.03. The highest BCUT2D eigenvalue weighted by atomic mass is 19.3. The van der Waals surface area contributed by atoms with Gasteiger partial charge in [0, 0.05) is 19.6 Å². The number of rotatable bonds is 5. The highest BCUT2D eigenvalue weighted by Crippen LogP contribution is 2.28. The zero-order valence-corrected chi connectivity index (χ0v) is 12.7. The van der Waals surface area contributed by atoms with Crippen molar-refractivity contribution in [1.82, 2.24) is 15.5 Å². The van der Waals surface area contributed by atoms with Gasteiger partial charge in [-0.25, -0.2) is 8.78 Å². The van der Waals surface area contributed by atoms with Gasteiger partial charge in [-0.2, -0.15) is 8.78 Å². The molecule has 0 aromatic heterocycles. The van der Waals surface area contributed by atoms with Crippen molar-refractivity contribution in [2.45, 2.75) is 44.1 Å². The van der Waals surface area contributed by atoms with Gasteiger partial charge in [-0.1, -0.05) is 0 Å². The third-order valence-corrected chi connectivity index (χ3v) is 4.31. The minimum atomic E-state index is -4.65. The molecule has 0 saturated carbocycles. The number of likely N-dealkylation sites (tertiary alicyclic amines) is 1. The zero-order valence-electron chi connectivity index (χ0n) is 12.7. The predicted octanol–water partition coefficient (Wildman–Crippen LogP) is 0.994. The maximum atomic E-state index is 13.2. The molecule has 5 nitrogen and oxygen atoms in total. The lowest BCUT2D eigenvalue weighted by Crippen LogP contribution is -2.52. The number of nitrogens with one attached hydrogen (secondary N) is 2. The second-order valence-corrected chi connectivity index (χ2v) is 6.08. The van der Waals surface area contributed by atoms with Gasteiger partial charge in [0.1, 0.15) is 0 Å².